The lowest BCUT2D eigenvalue weighted by Crippen LogP contribution is -2.32. The first-order valence-corrected chi connectivity index (χ1v) is 6.91. The maximum atomic E-state index is 5.95. The maximum Gasteiger partial charge on any atom is 0.266 e. The monoisotopic (exact) mass is 252 g/mol. The van der Waals surface area contributed by atoms with Crippen molar-refractivity contribution in [2.24, 2.45) is 5.73 Å². The first-order chi connectivity index (χ1) is 8.54. The fraction of sp³-hybridized carbons (Fsp3) is 0.846. The summed E-state index contributed by atoms with van der Waals surface area (Å²) in [6.45, 7) is 6.11. The van der Waals surface area contributed by atoms with Crippen molar-refractivity contribution in [3.8, 4) is 0 Å². The Bertz CT molecular complexity index is 361. The zero-order valence-corrected chi connectivity index (χ0v) is 11.5. The van der Waals surface area contributed by atoms with Crippen molar-refractivity contribution in [1.29, 1.82) is 0 Å². The second-order valence-corrected chi connectivity index (χ2v) is 5.88. The molecule has 2 rings (SSSR count). The lowest BCUT2D eigenvalue weighted by molar-refractivity contribution is 0.357. The number of aromatic nitrogens is 2. The van der Waals surface area contributed by atoms with Crippen LogP contribution in [0.5, 0.6) is 0 Å². The van der Waals surface area contributed by atoms with Crippen molar-refractivity contribution < 1.29 is 4.52 Å². The summed E-state index contributed by atoms with van der Waals surface area (Å²) in [6, 6.07) is 0. The van der Waals surface area contributed by atoms with Crippen molar-refractivity contribution in [1.82, 2.24) is 10.1 Å². The molecular formula is C13H24N4O. The van der Waals surface area contributed by atoms with Crippen molar-refractivity contribution in [3.05, 3.63) is 5.89 Å². The molecule has 5 heteroatoms. The maximum absolute atomic E-state index is 5.95. The van der Waals surface area contributed by atoms with E-state index in [9.17, 15) is 0 Å². The molecular weight excluding hydrogens is 228 g/mol. The lowest BCUT2D eigenvalue weighted by atomic mass is 10.0. The fourth-order valence-electron chi connectivity index (χ4n) is 2.18. The third-order valence-electron chi connectivity index (χ3n) is 3.33. The van der Waals surface area contributed by atoms with Crippen molar-refractivity contribution in [2.75, 3.05) is 18.0 Å². The molecule has 18 heavy (non-hydrogen) atoms. The van der Waals surface area contributed by atoms with Gasteiger partial charge in [0.2, 0.25) is 5.89 Å². The predicted molar refractivity (Wildman–Crippen MR) is 71.6 cm³/mol. The summed E-state index contributed by atoms with van der Waals surface area (Å²) in [5.74, 6) is 1.45. The molecule has 2 N–H and O–H groups in total. The van der Waals surface area contributed by atoms with E-state index in [4.69, 9.17) is 10.3 Å². The standard InChI is InChI=1S/C13H24N4O/c1-13(2,14)8-7-11-15-12(16-18-11)17-9-5-3-4-6-10-17/h3-10,14H2,1-2H3. The average Bonchev–Trinajstić information content (AvgIpc) is 2.60. The van der Waals surface area contributed by atoms with Crippen LogP contribution in [-0.2, 0) is 6.42 Å². The molecule has 5 nitrogen and oxygen atoms in total. The first kappa shape index (κ1) is 13.3. The smallest absolute Gasteiger partial charge is 0.266 e. The Hall–Kier alpha value is -1.10. The second-order valence-electron chi connectivity index (χ2n) is 5.88. The van der Waals surface area contributed by atoms with Gasteiger partial charge >= 0.3 is 0 Å². The van der Waals surface area contributed by atoms with Crippen LogP contribution in [0.15, 0.2) is 4.52 Å². The molecule has 0 radical (unpaired) electrons. The van der Waals surface area contributed by atoms with Crippen LogP contribution in [0.1, 0.15) is 51.8 Å². The van der Waals surface area contributed by atoms with Gasteiger partial charge in [0, 0.05) is 25.0 Å². The summed E-state index contributed by atoms with van der Waals surface area (Å²) < 4.78 is 5.30. The molecule has 1 aromatic rings. The van der Waals surface area contributed by atoms with E-state index in [1.54, 1.807) is 0 Å². The summed E-state index contributed by atoms with van der Waals surface area (Å²) in [6.07, 6.45) is 6.67. The number of nitrogens with two attached hydrogens (primary N) is 1. The van der Waals surface area contributed by atoms with Crippen molar-refractivity contribution >= 4 is 5.95 Å². The number of nitrogens with zero attached hydrogens (tertiary/aromatic N) is 3. The van der Waals surface area contributed by atoms with E-state index in [2.05, 4.69) is 15.0 Å². The van der Waals surface area contributed by atoms with Gasteiger partial charge in [0.05, 0.1) is 0 Å². The molecule has 1 aliphatic heterocycles. The van der Waals surface area contributed by atoms with Gasteiger partial charge in [0.1, 0.15) is 0 Å². The molecule has 0 unspecified atom stereocenters. The fourth-order valence-corrected chi connectivity index (χ4v) is 2.18. The lowest BCUT2D eigenvalue weighted by Gasteiger charge is -2.17. The van der Waals surface area contributed by atoms with E-state index in [-0.39, 0.29) is 5.54 Å². The summed E-state index contributed by atoms with van der Waals surface area (Å²) in [7, 11) is 0. The van der Waals surface area contributed by atoms with Gasteiger partial charge < -0.3 is 15.2 Å². The second kappa shape index (κ2) is 5.69. The Morgan fingerprint density at radius 3 is 2.50 bits per heavy atom. The van der Waals surface area contributed by atoms with Crippen LogP contribution in [0, 0.1) is 0 Å². The quantitative estimate of drug-likeness (QED) is 0.889. The SMILES string of the molecule is CC(C)(N)CCc1nc(N2CCCCCC2)no1. The van der Waals surface area contributed by atoms with E-state index < -0.39 is 0 Å². The van der Waals surface area contributed by atoms with E-state index in [0.717, 1.165) is 31.9 Å². The summed E-state index contributed by atoms with van der Waals surface area (Å²) in [5, 5.41) is 4.08. The minimum atomic E-state index is -0.183. The zero-order valence-electron chi connectivity index (χ0n) is 11.5. The topological polar surface area (TPSA) is 68.2 Å². The molecule has 0 bridgehead atoms. The number of hydrogen-bond donors (Lipinski definition) is 1. The molecule has 0 aliphatic carbocycles. The van der Waals surface area contributed by atoms with Crippen LogP contribution in [0.2, 0.25) is 0 Å². The number of aryl methyl sites for hydroxylation is 1. The van der Waals surface area contributed by atoms with Crippen molar-refractivity contribution in [3.63, 3.8) is 0 Å². The summed E-state index contributed by atoms with van der Waals surface area (Å²) >= 11 is 0. The number of hydrogen-bond acceptors (Lipinski definition) is 5. The average molecular weight is 252 g/mol. The van der Waals surface area contributed by atoms with E-state index >= 15 is 0 Å². The highest BCUT2D eigenvalue weighted by Crippen LogP contribution is 2.17. The minimum Gasteiger partial charge on any atom is -0.338 e. The van der Waals surface area contributed by atoms with Gasteiger partial charge in [-0.1, -0.05) is 12.8 Å². The van der Waals surface area contributed by atoms with Gasteiger partial charge in [-0.05, 0) is 38.3 Å². The Morgan fingerprint density at radius 2 is 1.89 bits per heavy atom. The molecule has 0 atom stereocenters. The highest BCUT2D eigenvalue weighted by molar-refractivity contribution is 5.27. The Kier molecular flexibility index (Phi) is 4.22. The van der Waals surface area contributed by atoms with Gasteiger partial charge in [0.25, 0.3) is 5.95 Å². The summed E-state index contributed by atoms with van der Waals surface area (Å²) in [5.41, 5.74) is 5.77. The van der Waals surface area contributed by atoms with E-state index in [0.29, 0.717) is 5.89 Å². The minimum absolute atomic E-state index is 0.183. The van der Waals surface area contributed by atoms with Gasteiger partial charge in [-0.2, -0.15) is 4.98 Å². The zero-order chi connectivity index (χ0) is 13.0. The van der Waals surface area contributed by atoms with Gasteiger partial charge in [0.15, 0.2) is 0 Å². The molecule has 0 amide bonds. The van der Waals surface area contributed by atoms with Crippen LogP contribution >= 0.6 is 0 Å². The number of anilines is 1. The highest BCUT2D eigenvalue weighted by Gasteiger charge is 2.17. The van der Waals surface area contributed by atoms with E-state index in [1.165, 1.54) is 25.7 Å². The third-order valence-corrected chi connectivity index (χ3v) is 3.33. The molecule has 1 saturated heterocycles. The Morgan fingerprint density at radius 1 is 1.22 bits per heavy atom. The van der Waals surface area contributed by atoms with Gasteiger partial charge in [-0.3, -0.25) is 0 Å². The molecule has 1 aliphatic rings. The van der Waals surface area contributed by atoms with Crippen LogP contribution in [0.3, 0.4) is 0 Å². The summed E-state index contributed by atoms with van der Waals surface area (Å²) in [4.78, 5) is 6.70. The largest absolute Gasteiger partial charge is 0.338 e. The highest BCUT2D eigenvalue weighted by atomic mass is 16.5. The Balaban J connectivity index is 1.92. The molecule has 102 valence electrons. The normalized spacial score (nSPS) is 17.8. The van der Waals surface area contributed by atoms with Gasteiger partial charge in [-0.15, -0.1) is 0 Å². The molecule has 1 aromatic heterocycles. The number of rotatable bonds is 4. The van der Waals surface area contributed by atoms with Crippen molar-refractivity contribution in [2.45, 2.75) is 57.9 Å². The molecule has 0 aromatic carbocycles. The molecule has 0 spiro atoms. The van der Waals surface area contributed by atoms with Crippen LogP contribution in [0.25, 0.3) is 0 Å². The predicted octanol–water partition coefficient (Wildman–Crippen LogP) is 2.12. The molecule has 0 saturated carbocycles. The molecule has 2 heterocycles. The molecule has 1 fully saturated rings. The van der Waals surface area contributed by atoms with Gasteiger partial charge in [-0.25, -0.2) is 0 Å². The first-order valence-electron chi connectivity index (χ1n) is 6.91. The van der Waals surface area contributed by atoms with E-state index in [1.807, 2.05) is 13.8 Å². The van der Waals surface area contributed by atoms with Crippen LogP contribution in [-0.4, -0.2) is 28.8 Å². The van der Waals surface area contributed by atoms with Crippen LogP contribution in [0.4, 0.5) is 5.95 Å². The van der Waals surface area contributed by atoms with Crippen LogP contribution < -0.4 is 10.6 Å². The Labute approximate surface area is 109 Å². The third kappa shape index (κ3) is 3.98.